The van der Waals surface area contributed by atoms with Crippen molar-refractivity contribution in [1.82, 2.24) is 19.9 Å². The molecule has 0 fully saturated rings. The summed E-state index contributed by atoms with van der Waals surface area (Å²) in [5.41, 5.74) is 5.59. The summed E-state index contributed by atoms with van der Waals surface area (Å²) >= 11 is 4.58. The SMILES string of the molecule is Nc1cc(Br)nc(Sc2ccncn2)n1. The minimum atomic E-state index is 0.424. The number of hydrogen-bond acceptors (Lipinski definition) is 6. The van der Waals surface area contributed by atoms with Gasteiger partial charge in [0.2, 0.25) is 0 Å². The molecule has 0 unspecified atom stereocenters. The first-order valence-corrected chi connectivity index (χ1v) is 5.59. The van der Waals surface area contributed by atoms with E-state index in [0.29, 0.717) is 15.6 Å². The van der Waals surface area contributed by atoms with Gasteiger partial charge in [-0.2, -0.15) is 0 Å². The van der Waals surface area contributed by atoms with Crippen LogP contribution in [0.1, 0.15) is 0 Å². The van der Waals surface area contributed by atoms with Crippen molar-refractivity contribution in [2.24, 2.45) is 0 Å². The smallest absolute Gasteiger partial charge is 0.196 e. The van der Waals surface area contributed by atoms with Gasteiger partial charge in [0, 0.05) is 12.3 Å². The molecule has 2 aromatic rings. The topological polar surface area (TPSA) is 77.6 Å². The molecule has 0 saturated heterocycles. The Balaban J connectivity index is 2.25. The predicted molar refractivity (Wildman–Crippen MR) is 60.3 cm³/mol. The molecule has 2 rings (SSSR count). The lowest BCUT2D eigenvalue weighted by atomic mass is 10.6. The van der Waals surface area contributed by atoms with Gasteiger partial charge in [0.25, 0.3) is 0 Å². The third kappa shape index (κ3) is 2.87. The maximum Gasteiger partial charge on any atom is 0.196 e. The zero-order chi connectivity index (χ0) is 10.7. The number of aromatic nitrogens is 4. The molecular formula is C8H6BrN5S. The summed E-state index contributed by atoms with van der Waals surface area (Å²) in [7, 11) is 0. The van der Waals surface area contributed by atoms with Crippen LogP contribution in [0.15, 0.2) is 39.4 Å². The molecule has 2 heterocycles. The Bertz CT molecular complexity index is 444. The molecule has 0 amide bonds. The van der Waals surface area contributed by atoms with Gasteiger partial charge in [0.05, 0.1) is 0 Å². The molecule has 0 aliphatic carbocycles. The lowest BCUT2D eigenvalue weighted by molar-refractivity contribution is 0.947. The Labute approximate surface area is 98.7 Å². The quantitative estimate of drug-likeness (QED) is 0.669. The summed E-state index contributed by atoms with van der Waals surface area (Å²) in [6, 6.07) is 3.43. The van der Waals surface area contributed by atoms with Crippen molar-refractivity contribution in [1.29, 1.82) is 0 Å². The summed E-state index contributed by atoms with van der Waals surface area (Å²) < 4.78 is 0.659. The van der Waals surface area contributed by atoms with Crippen molar-refractivity contribution >= 4 is 33.5 Å². The Morgan fingerprint density at radius 3 is 2.87 bits per heavy atom. The first kappa shape index (κ1) is 10.3. The summed E-state index contributed by atoms with van der Waals surface area (Å²) in [6.07, 6.45) is 3.14. The minimum Gasteiger partial charge on any atom is -0.384 e. The second-order valence-corrected chi connectivity index (χ2v) is 4.35. The van der Waals surface area contributed by atoms with E-state index in [1.165, 1.54) is 18.1 Å². The number of hydrogen-bond donors (Lipinski definition) is 1. The van der Waals surface area contributed by atoms with Gasteiger partial charge in [-0.3, -0.25) is 0 Å². The highest BCUT2D eigenvalue weighted by atomic mass is 79.9. The molecule has 0 aliphatic heterocycles. The Kier molecular flexibility index (Phi) is 3.12. The van der Waals surface area contributed by atoms with Gasteiger partial charge < -0.3 is 5.73 Å². The van der Waals surface area contributed by atoms with E-state index < -0.39 is 0 Å². The van der Waals surface area contributed by atoms with E-state index in [-0.39, 0.29) is 0 Å². The lowest BCUT2D eigenvalue weighted by Gasteiger charge is -2.00. The van der Waals surface area contributed by atoms with Gasteiger partial charge in [0.15, 0.2) is 5.16 Å². The van der Waals surface area contributed by atoms with Crippen molar-refractivity contribution in [3.63, 3.8) is 0 Å². The Morgan fingerprint density at radius 1 is 1.33 bits per heavy atom. The van der Waals surface area contributed by atoms with Crippen LogP contribution < -0.4 is 5.73 Å². The van der Waals surface area contributed by atoms with E-state index in [1.54, 1.807) is 18.3 Å². The summed E-state index contributed by atoms with van der Waals surface area (Å²) in [5.74, 6) is 0.424. The third-order valence-electron chi connectivity index (χ3n) is 1.44. The number of anilines is 1. The molecule has 0 radical (unpaired) electrons. The van der Waals surface area contributed by atoms with Gasteiger partial charge in [-0.15, -0.1) is 0 Å². The van der Waals surface area contributed by atoms with Gasteiger partial charge in [0.1, 0.15) is 21.8 Å². The fourth-order valence-corrected chi connectivity index (χ4v) is 2.12. The van der Waals surface area contributed by atoms with E-state index in [0.717, 1.165) is 5.03 Å². The molecule has 76 valence electrons. The molecule has 2 aromatic heterocycles. The average Bonchev–Trinajstić information content (AvgIpc) is 2.17. The predicted octanol–water partition coefficient (Wildman–Crippen LogP) is 1.76. The highest BCUT2D eigenvalue weighted by Gasteiger charge is 2.03. The van der Waals surface area contributed by atoms with E-state index >= 15 is 0 Å². The molecule has 0 saturated carbocycles. The van der Waals surface area contributed by atoms with Crippen molar-refractivity contribution in [3.8, 4) is 0 Å². The fourth-order valence-electron chi connectivity index (χ4n) is 0.891. The second kappa shape index (κ2) is 4.54. The highest BCUT2D eigenvalue weighted by molar-refractivity contribution is 9.10. The molecule has 15 heavy (non-hydrogen) atoms. The first-order chi connectivity index (χ1) is 7.24. The molecule has 0 aromatic carbocycles. The maximum absolute atomic E-state index is 5.59. The first-order valence-electron chi connectivity index (χ1n) is 3.98. The molecule has 5 nitrogen and oxygen atoms in total. The van der Waals surface area contributed by atoms with Crippen LogP contribution in [0.2, 0.25) is 0 Å². The van der Waals surface area contributed by atoms with Crippen molar-refractivity contribution in [2.45, 2.75) is 10.2 Å². The normalized spacial score (nSPS) is 10.2. The zero-order valence-corrected chi connectivity index (χ0v) is 9.86. The monoisotopic (exact) mass is 283 g/mol. The van der Waals surface area contributed by atoms with Crippen LogP contribution in [0.5, 0.6) is 0 Å². The van der Waals surface area contributed by atoms with Crippen LogP contribution in [-0.2, 0) is 0 Å². The molecule has 0 atom stereocenters. The van der Waals surface area contributed by atoms with E-state index in [2.05, 4.69) is 35.9 Å². The van der Waals surface area contributed by atoms with Crippen molar-refractivity contribution in [2.75, 3.05) is 5.73 Å². The van der Waals surface area contributed by atoms with E-state index in [4.69, 9.17) is 5.73 Å². The number of rotatable bonds is 2. The standard InChI is InChI=1S/C8H6BrN5S/c9-5-3-6(10)14-8(13-5)15-7-1-2-11-4-12-7/h1-4H,(H2,10,13,14). The second-order valence-electron chi connectivity index (χ2n) is 2.55. The average molecular weight is 284 g/mol. The van der Waals surface area contributed by atoms with Crippen LogP contribution in [0, 0.1) is 0 Å². The van der Waals surface area contributed by atoms with Gasteiger partial charge in [-0.25, -0.2) is 19.9 Å². The molecular weight excluding hydrogens is 278 g/mol. The Morgan fingerprint density at radius 2 is 2.20 bits per heavy atom. The number of nitrogens with zero attached hydrogens (tertiary/aromatic N) is 4. The Hall–Kier alpha value is -1.21. The summed E-state index contributed by atoms with van der Waals surface area (Å²) in [5, 5.41) is 1.34. The fraction of sp³-hybridized carbons (Fsp3) is 0. The number of halogens is 1. The molecule has 7 heteroatoms. The third-order valence-corrected chi connectivity index (χ3v) is 2.67. The molecule has 0 spiro atoms. The number of nitrogens with two attached hydrogens (primary N) is 1. The minimum absolute atomic E-state index is 0.424. The van der Waals surface area contributed by atoms with Crippen LogP contribution in [0.3, 0.4) is 0 Å². The highest BCUT2D eigenvalue weighted by Crippen LogP contribution is 2.23. The lowest BCUT2D eigenvalue weighted by Crippen LogP contribution is -1.95. The molecule has 2 N–H and O–H groups in total. The van der Waals surface area contributed by atoms with Crippen LogP contribution in [-0.4, -0.2) is 19.9 Å². The van der Waals surface area contributed by atoms with E-state index in [1.807, 2.05) is 0 Å². The molecule has 0 aliphatic rings. The van der Waals surface area contributed by atoms with Crippen molar-refractivity contribution in [3.05, 3.63) is 29.3 Å². The van der Waals surface area contributed by atoms with Gasteiger partial charge in [-0.05, 0) is 33.8 Å². The van der Waals surface area contributed by atoms with Gasteiger partial charge in [-0.1, -0.05) is 0 Å². The number of nitrogen functional groups attached to an aromatic ring is 1. The summed E-state index contributed by atoms with van der Waals surface area (Å²) in [6.45, 7) is 0. The van der Waals surface area contributed by atoms with E-state index in [9.17, 15) is 0 Å². The van der Waals surface area contributed by atoms with Crippen LogP contribution >= 0.6 is 27.7 Å². The zero-order valence-electron chi connectivity index (χ0n) is 7.46. The van der Waals surface area contributed by atoms with Crippen LogP contribution in [0.4, 0.5) is 5.82 Å². The summed E-state index contributed by atoms with van der Waals surface area (Å²) in [4.78, 5) is 16.1. The van der Waals surface area contributed by atoms with Crippen LogP contribution in [0.25, 0.3) is 0 Å². The largest absolute Gasteiger partial charge is 0.384 e. The maximum atomic E-state index is 5.59. The van der Waals surface area contributed by atoms with Gasteiger partial charge >= 0.3 is 0 Å². The molecule has 0 bridgehead atoms. The van der Waals surface area contributed by atoms with Crippen molar-refractivity contribution < 1.29 is 0 Å².